The average Bonchev–Trinajstić information content (AvgIpc) is 2.55. The summed E-state index contributed by atoms with van der Waals surface area (Å²) in [4.78, 5) is 16.6. The third kappa shape index (κ3) is 3.39. The van der Waals surface area contributed by atoms with Crippen molar-refractivity contribution in [2.24, 2.45) is 5.92 Å². The summed E-state index contributed by atoms with van der Waals surface area (Å²) in [5.74, 6) is 0.607. The molecule has 21 heavy (non-hydrogen) atoms. The average molecular weight is 283 g/mol. The molecule has 0 radical (unpaired) electrons. The highest BCUT2D eigenvalue weighted by molar-refractivity contribution is 6.05. The van der Waals surface area contributed by atoms with Gasteiger partial charge in [0.15, 0.2) is 0 Å². The zero-order chi connectivity index (χ0) is 14.5. The monoisotopic (exact) mass is 283 g/mol. The maximum Gasteiger partial charge on any atom is 0.270 e. The molecule has 1 amide bonds. The van der Waals surface area contributed by atoms with Crippen molar-refractivity contribution in [1.82, 2.24) is 15.6 Å². The van der Waals surface area contributed by atoms with Crippen LogP contribution in [0.3, 0.4) is 0 Å². The SMILES string of the molecule is O=C(NCCC1CCCNC1)c1nccc2ccccc12. The number of carbonyl (C=O) groups is 1. The van der Waals surface area contributed by atoms with E-state index in [0.29, 0.717) is 11.6 Å². The largest absolute Gasteiger partial charge is 0.351 e. The lowest BCUT2D eigenvalue weighted by Gasteiger charge is -2.22. The molecule has 1 fully saturated rings. The standard InChI is InChI=1S/C17H21N3O/c21-17(20-10-7-13-4-3-9-18-12-13)16-15-6-2-1-5-14(15)8-11-19-16/h1-2,5-6,8,11,13,18H,3-4,7,9-10,12H2,(H,20,21). The lowest BCUT2D eigenvalue weighted by atomic mass is 9.96. The van der Waals surface area contributed by atoms with Gasteiger partial charge in [0.2, 0.25) is 0 Å². The first-order chi connectivity index (χ1) is 10.3. The molecule has 1 saturated heterocycles. The van der Waals surface area contributed by atoms with Gasteiger partial charge in [0.25, 0.3) is 5.91 Å². The topological polar surface area (TPSA) is 54.0 Å². The molecule has 1 aliphatic rings. The van der Waals surface area contributed by atoms with E-state index in [2.05, 4.69) is 15.6 Å². The summed E-state index contributed by atoms with van der Waals surface area (Å²) in [5.41, 5.74) is 0.523. The summed E-state index contributed by atoms with van der Waals surface area (Å²) in [6.07, 6.45) is 5.23. The number of carbonyl (C=O) groups excluding carboxylic acids is 1. The number of amides is 1. The minimum atomic E-state index is -0.0735. The third-order valence-corrected chi connectivity index (χ3v) is 4.13. The number of piperidine rings is 1. The predicted molar refractivity (Wildman–Crippen MR) is 84.3 cm³/mol. The van der Waals surface area contributed by atoms with Crippen LogP contribution in [-0.2, 0) is 0 Å². The highest BCUT2D eigenvalue weighted by Gasteiger charge is 2.14. The number of pyridine rings is 1. The van der Waals surface area contributed by atoms with Crippen LogP contribution in [-0.4, -0.2) is 30.5 Å². The van der Waals surface area contributed by atoms with E-state index in [9.17, 15) is 4.79 Å². The van der Waals surface area contributed by atoms with E-state index < -0.39 is 0 Å². The van der Waals surface area contributed by atoms with Gasteiger partial charge in [0, 0.05) is 18.1 Å². The van der Waals surface area contributed by atoms with Crippen LogP contribution in [0.5, 0.6) is 0 Å². The number of nitrogens with zero attached hydrogens (tertiary/aromatic N) is 1. The second-order valence-corrected chi connectivity index (χ2v) is 5.64. The van der Waals surface area contributed by atoms with Crippen LogP contribution in [0.15, 0.2) is 36.5 Å². The van der Waals surface area contributed by atoms with E-state index in [1.165, 1.54) is 12.8 Å². The van der Waals surface area contributed by atoms with Gasteiger partial charge in [-0.1, -0.05) is 24.3 Å². The molecular weight excluding hydrogens is 262 g/mol. The molecule has 2 aromatic rings. The number of rotatable bonds is 4. The smallest absolute Gasteiger partial charge is 0.270 e. The maximum atomic E-state index is 12.3. The third-order valence-electron chi connectivity index (χ3n) is 4.13. The van der Waals surface area contributed by atoms with Crippen molar-refractivity contribution in [1.29, 1.82) is 0 Å². The molecule has 0 saturated carbocycles. The molecule has 4 nitrogen and oxygen atoms in total. The lowest BCUT2D eigenvalue weighted by Crippen LogP contribution is -2.33. The number of fused-ring (bicyclic) bond motifs is 1. The van der Waals surface area contributed by atoms with Gasteiger partial charge in [0.1, 0.15) is 5.69 Å². The molecule has 0 bridgehead atoms. The molecule has 0 aliphatic carbocycles. The molecular formula is C17H21N3O. The lowest BCUT2D eigenvalue weighted by molar-refractivity contribution is 0.0947. The van der Waals surface area contributed by atoms with E-state index >= 15 is 0 Å². The van der Waals surface area contributed by atoms with Crippen LogP contribution in [0.4, 0.5) is 0 Å². The van der Waals surface area contributed by atoms with Crippen molar-refractivity contribution >= 4 is 16.7 Å². The minimum Gasteiger partial charge on any atom is -0.351 e. The van der Waals surface area contributed by atoms with Crippen molar-refractivity contribution in [2.45, 2.75) is 19.3 Å². The Bertz CT molecular complexity index is 615. The van der Waals surface area contributed by atoms with Crippen molar-refractivity contribution in [3.05, 3.63) is 42.2 Å². The normalized spacial score (nSPS) is 18.6. The van der Waals surface area contributed by atoms with E-state index in [1.54, 1.807) is 6.20 Å². The molecule has 1 atom stereocenters. The second-order valence-electron chi connectivity index (χ2n) is 5.64. The Morgan fingerprint density at radius 2 is 2.24 bits per heavy atom. The van der Waals surface area contributed by atoms with Crippen molar-refractivity contribution in [3.8, 4) is 0 Å². The van der Waals surface area contributed by atoms with Gasteiger partial charge in [-0.05, 0) is 49.7 Å². The molecule has 2 heterocycles. The Hall–Kier alpha value is -1.94. The number of hydrogen-bond acceptors (Lipinski definition) is 3. The van der Waals surface area contributed by atoms with Crippen LogP contribution in [0.2, 0.25) is 0 Å². The minimum absolute atomic E-state index is 0.0735. The highest BCUT2D eigenvalue weighted by atomic mass is 16.1. The predicted octanol–water partition coefficient (Wildman–Crippen LogP) is 2.35. The number of hydrogen-bond donors (Lipinski definition) is 2. The second kappa shape index (κ2) is 6.68. The molecule has 1 unspecified atom stereocenters. The Morgan fingerprint density at radius 3 is 3.10 bits per heavy atom. The van der Waals surface area contributed by atoms with Crippen molar-refractivity contribution in [2.75, 3.05) is 19.6 Å². The fraction of sp³-hybridized carbons (Fsp3) is 0.412. The quantitative estimate of drug-likeness (QED) is 0.905. The summed E-state index contributed by atoms with van der Waals surface area (Å²) < 4.78 is 0. The zero-order valence-electron chi connectivity index (χ0n) is 12.1. The number of nitrogens with one attached hydrogen (secondary N) is 2. The van der Waals surface area contributed by atoms with E-state index in [0.717, 1.165) is 36.8 Å². The summed E-state index contributed by atoms with van der Waals surface area (Å²) in [5, 5.41) is 8.38. The van der Waals surface area contributed by atoms with Crippen LogP contribution < -0.4 is 10.6 Å². The van der Waals surface area contributed by atoms with Gasteiger partial charge in [-0.2, -0.15) is 0 Å². The molecule has 1 aliphatic heterocycles. The van der Waals surface area contributed by atoms with E-state index in [-0.39, 0.29) is 5.91 Å². The molecule has 1 aromatic heterocycles. The summed E-state index contributed by atoms with van der Waals surface area (Å²) in [6, 6.07) is 9.79. The Morgan fingerprint density at radius 1 is 1.33 bits per heavy atom. The van der Waals surface area contributed by atoms with Crippen LogP contribution in [0.25, 0.3) is 10.8 Å². The van der Waals surface area contributed by atoms with Crippen molar-refractivity contribution < 1.29 is 4.79 Å². The molecule has 4 heteroatoms. The first kappa shape index (κ1) is 14.0. The summed E-state index contributed by atoms with van der Waals surface area (Å²) >= 11 is 0. The van der Waals surface area contributed by atoms with Gasteiger partial charge >= 0.3 is 0 Å². The van der Waals surface area contributed by atoms with E-state index in [4.69, 9.17) is 0 Å². The van der Waals surface area contributed by atoms with E-state index in [1.807, 2.05) is 30.3 Å². The van der Waals surface area contributed by atoms with Gasteiger partial charge < -0.3 is 10.6 Å². The Labute approximate surface area is 125 Å². The van der Waals surface area contributed by atoms with Crippen molar-refractivity contribution in [3.63, 3.8) is 0 Å². The molecule has 3 rings (SSSR count). The van der Waals surface area contributed by atoms with Gasteiger partial charge in [-0.3, -0.25) is 9.78 Å². The molecule has 110 valence electrons. The van der Waals surface area contributed by atoms with Crippen LogP contribution in [0, 0.1) is 5.92 Å². The molecule has 0 spiro atoms. The zero-order valence-corrected chi connectivity index (χ0v) is 12.1. The first-order valence-electron chi connectivity index (χ1n) is 7.67. The molecule has 2 N–H and O–H groups in total. The van der Waals surface area contributed by atoms with Gasteiger partial charge in [0.05, 0.1) is 0 Å². The first-order valence-corrected chi connectivity index (χ1v) is 7.67. The summed E-state index contributed by atoms with van der Waals surface area (Å²) in [6.45, 7) is 2.92. The van der Waals surface area contributed by atoms with Gasteiger partial charge in [-0.15, -0.1) is 0 Å². The van der Waals surface area contributed by atoms with Crippen LogP contribution in [0.1, 0.15) is 29.8 Å². The fourth-order valence-corrected chi connectivity index (χ4v) is 2.94. The highest BCUT2D eigenvalue weighted by Crippen LogP contribution is 2.16. The Balaban J connectivity index is 1.61. The Kier molecular flexibility index (Phi) is 4.46. The number of benzene rings is 1. The number of aromatic nitrogens is 1. The molecule has 1 aromatic carbocycles. The fourth-order valence-electron chi connectivity index (χ4n) is 2.94. The summed E-state index contributed by atoms with van der Waals surface area (Å²) in [7, 11) is 0. The van der Waals surface area contributed by atoms with Crippen LogP contribution >= 0.6 is 0 Å². The maximum absolute atomic E-state index is 12.3. The van der Waals surface area contributed by atoms with Gasteiger partial charge in [-0.25, -0.2) is 0 Å².